The van der Waals surface area contributed by atoms with Gasteiger partial charge in [0.2, 0.25) is 5.91 Å². The number of ether oxygens (including phenoxy) is 1. The molecule has 2 aromatic rings. The topological polar surface area (TPSA) is 41.6 Å². The third kappa shape index (κ3) is 5.28. The molecule has 0 aliphatic carbocycles. The monoisotopic (exact) mass is 362 g/mol. The third-order valence-electron chi connectivity index (χ3n) is 4.37. The molecule has 0 spiro atoms. The van der Waals surface area contributed by atoms with Gasteiger partial charge in [-0.25, -0.2) is 4.39 Å². The number of hydrogen-bond acceptors (Lipinski definition) is 4. The molecule has 1 fully saturated rings. The lowest BCUT2D eigenvalue weighted by Gasteiger charge is -2.24. The second-order valence-corrected chi connectivity index (χ2v) is 7.17. The predicted molar refractivity (Wildman–Crippen MR) is 97.3 cm³/mol. The minimum atomic E-state index is -0.260. The molecule has 0 saturated carbocycles. The highest BCUT2D eigenvalue weighted by atomic mass is 32.1. The van der Waals surface area contributed by atoms with E-state index in [1.165, 1.54) is 17.0 Å². The molecule has 1 aromatic heterocycles. The highest BCUT2D eigenvalue weighted by Crippen LogP contribution is 2.24. The SMILES string of the molecule is O=C1CC[C@@H](CCNCCOc2ccc(F)cc2)N1Cc1cccs1. The fourth-order valence-corrected chi connectivity index (χ4v) is 3.75. The van der Waals surface area contributed by atoms with Crippen LogP contribution >= 0.6 is 11.3 Å². The number of thiophene rings is 1. The Balaban J connectivity index is 1.33. The minimum Gasteiger partial charge on any atom is -0.492 e. The van der Waals surface area contributed by atoms with Gasteiger partial charge in [0.05, 0.1) is 6.54 Å². The van der Waals surface area contributed by atoms with Gasteiger partial charge in [-0.3, -0.25) is 4.79 Å². The Morgan fingerprint density at radius 1 is 1.24 bits per heavy atom. The van der Waals surface area contributed by atoms with Crippen molar-refractivity contribution < 1.29 is 13.9 Å². The molecule has 1 amide bonds. The Kier molecular flexibility index (Phi) is 6.42. The van der Waals surface area contributed by atoms with Crippen LogP contribution in [0.2, 0.25) is 0 Å². The van der Waals surface area contributed by atoms with Crippen LogP contribution in [-0.2, 0) is 11.3 Å². The number of halogens is 1. The molecule has 0 radical (unpaired) electrons. The van der Waals surface area contributed by atoms with Crippen molar-refractivity contribution in [2.75, 3.05) is 19.7 Å². The van der Waals surface area contributed by atoms with Crippen molar-refractivity contribution in [1.82, 2.24) is 10.2 Å². The maximum Gasteiger partial charge on any atom is 0.223 e. The molecule has 1 aliphatic rings. The van der Waals surface area contributed by atoms with Crippen LogP contribution in [0.15, 0.2) is 41.8 Å². The molecule has 25 heavy (non-hydrogen) atoms. The van der Waals surface area contributed by atoms with Gasteiger partial charge in [-0.15, -0.1) is 11.3 Å². The van der Waals surface area contributed by atoms with E-state index in [0.717, 1.165) is 32.5 Å². The highest BCUT2D eigenvalue weighted by molar-refractivity contribution is 7.09. The Labute approximate surface area is 151 Å². The van der Waals surface area contributed by atoms with Crippen LogP contribution < -0.4 is 10.1 Å². The maximum absolute atomic E-state index is 12.8. The quantitative estimate of drug-likeness (QED) is 0.695. The summed E-state index contributed by atoms with van der Waals surface area (Å²) in [5, 5.41) is 5.40. The van der Waals surface area contributed by atoms with E-state index < -0.39 is 0 Å². The van der Waals surface area contributed by atoms with E-state index >= 15 is 0 Å². The van der Waals surface area contributed by atoms with E-state index in [-0.39, 0.29) is 11.7 Å². The number of likely N-dealkylation sites (tertiary alicyclic amines) is 1. The fourth-order valence-electron chi connectivity index (χ4n) is 3.05. The summed E-state index contributed by atoms with van der Waals surface area (Å²) in [7, 11) is 0. The summed E-state index contributed by atoms with van der Waals surface area (Å²) in [6.45, 7) is 2.84. The molecule has 1 N–H and O–H groups in total. The van der Waals surface area contributed by atoms with E-state index in [1.807, 2.05) is 16.3 Å². The van der Waals surface area contributed by atoms with Crippen molar-refractivity contribution in [2.45, 2.75) is 31.8 Å². The Morgan fingerprint density at radius 3 is 2.84 bits per heavy atom. The second-order valence-electron chi connectivity index (χ2n) is 6.13. The number of hydrogen-bond donors (Lipinski definition) is 1. The van der Waals surface area contributed by atoms with Crippen LogP contribution in [0.25, 0.3) is 0 Å². The first kappa shape index (κ1) is 17.9. The van der Waals surface area contributed by atoms with E-state index in [9.17, 15) is 9.18 Å². The van der Waals surface area contributed by atoms with E-state index in [1.54, 1.807) is 23.5 Å². The third-order valence-corrected chi connectivity index (χ3v) is 5.24. The molecule has 4 nitrogen and oxygen atoms in total. The van der Waals surface area contributed by atoms with Crippen LogP contribution in [0.5, 0.6) is 5.75 Å². The number of amides is 1. The molecule has 134 valence electrons. The Hall–Kier alpha value is -1.92. The van der Waals surface area contributed by atoms with Gasteiger partial charge in [0, 0.05) is 23.9 Å². The first-order valence-corrected chi connectivity index (χ1v) is 9.51. The van der Waals surface area contributed by atoms with Gasteiger partial charge in [0.1, 0.15) is 18.2 Å². The van der Waals surface area contributed by atoms with Crippen molar-refractivity contribution in [3.05, 3.63) is 52.5 Å². The molecule has 1 aliphatic heterocycles. The zero-order valence-corrected chi connectivity index (χ0v) is 14.9. The highest BCUT2D eigenvalue weighted by Gasteiger charge is 2.30. The summed E-state index contributed by atoms with van der Waals surface area (Å²) in [5.41, 5.74) is 0. The van der Waals surface area contributed by atoms with E-state index in [4.69, 9.17) is 4.74 Å². The molecule has 2 heterocycles. The first-order chi connectivity index (χ1) is 12.2. The summed E-state index contributed by atoms with van der Waals surface area (Å²) >= 11 is 1.70. The van der Waals surface area contributed by atoms with Crippen LogP contribution in [0.3, 0.4) is 0 Å². The summed E-state index contributed by atoms with van der Waals surface area (Å²) < 4.78 is 18.4. The smallest absolute Gasteiger partial charge is 0.223 e. The molecule has 1 saturated heterocycles. The average Bonchev–Trinajstić information content (AvgIpc) is 3.24. The predicted octanol–water partition coefficient (Wildman–Crippen LogP) is 3.44. The van der Waals surface area contributed by atoms with Gasteiger partial charge in [-0.1, -0.05) is 6.07 Å². The van der Waals surface area contributed by atoms with Crippen LogP contribution in [0.4, 0.5) is 4.39 Å². The lowest BCUT2D eigenvalue weighted by atomic mass is 10.1. The van der Waals surface area contributed by atoms with Gasteiger partial charge in [-0.05, 0) is 55.1 Å². The summed E-state index contributed by atoms with van der Waals surface area (Å²) in [6, 6.07) is 10.5. The van der Waals surface area contributed by atoms with Gasteiger partial charge < -0.3 is 15.0 Å². The number of carbonyl (C=O) groups is 1. The van der Waals surface area contributed by atoms with E-state index in [0.29, 0.717) is 24.8 Å². The van der Waals surface area contributed by atoms with Crippen molar-refractivity contribution in [3.63, 3.8) is 0 Å². The molecular weight excluding hydrogens is 339 g/mol. The molecule has 6 heteroatoms. The van der Waals surface area contributed by atoms with Crippen molar-refractivity contribution >= 4 is 17.2 Å². The summed E-state index contributed by atoms with van der Waals surface area (Å²) in [4.78, 5) is 15.3. The fraction of sp³-hybridized carbons (Fsp3) is 0.421. The van der Waals surface area contributed by atoms with Crippen molar-refractivity contribution in [3.8, 4) is 5.75 Å². The summed E-state index contributed by atoms with van der Waals surface area (Å²) in [5.74, 6) is 0.674. The molecular formula is C19H23FN2O2S. The van der Waals surface area contributed by atoms with E-state index in [2.05, 4.69) is 11.4 Å². The standard InChI is InChI=1S/C19H23FN2O2S/c20-15-3-6-17(7-4-15)24-12-11-21-10-9-16-5-8-19(23)22(16)14-18-2-1-13-25-18/h1-4,6-7,13,16,21H,5,8-12,14H2/t16-/m0/s1. The number of nitrogens with zero attached hydrogens (tertiary/aromatic N) is 1. The maximum atomic E-state index is 12.8. The number of nitrogens with one attached hydrogen (secondary N) is 1. The van der Waals surface area contributed by atoms with Gasteiger partial charge in [0.25, 0.3) is 0 Å². The zero-order chi connectivity index (χ0) is 17.5. The lowest BCUT2D eigenvalue weighted by Crippen LogP contribution is -2.35. The van der Waals surface area contributed by atoms with Gasteiger partial charge in [0.15, 0.2) is 0 Å². The second kappa shape index (κ2) is 8.97. The first-order valence-electron chi connectivity index (χ1n) is 8.63. The number of benzene rings is 1. The average molecular weight is 362 g/mol. The van der Waals surface area contributed by atoms with Crippen LogP contribution in [0.1, 0.15) is 24.1 Å². The van der Waals surface area contributed by atoms with Crippen molar-refractivity contribution in [2.24, 2.45) is 0 Å². The molecule has 0 unspecified atom stereocenters. The van der Waals surface area contributed by atoms with Crippen LogP contribution in [-0.4, -0.2) is 36.5 Å². The number of rotatable bonds is 9. The van der Waals surface area contributed by atoms with Crippen LogP contribution in [0, 0.1) is 5.82 Å². The minimum absolute atomic E-state index is 0.260. The lowest BCUT2D eigenvalue weighted by molar-refractivity contribution is -0.129. The Morgan fingerprint density at radius 2 is 2.08 bits per heavy atom. The molecule has 1 atom stereocenters. The molecule has 3 rings (SSSR count). The zero-order valence-electron chi connectivity index (χ0n) is 14.1. The van der Waals surface area contributed by atoms with Gasteiger partial charge in [-0.2, -0.15) is 0 Å². The Bertz CT molecular complexity index is 661. The summed E-state index contributed by atoms with van der Waals surface area (Å²) in [6.07, 6.45) is 2.55. The van der Waals surface area contributed by atoms with Crippen molar-refractivity contribution in [1.29, 1.82) is 0 Å². The largest absolute Gasteiger partial charge is 0.492 e. The normalized spacial score (nSPS) is 17.2. The number of carbonyl (C=O) groups excluding carboxylic acids is 1. The van der Waals surface area contributed by atoms with Gasteiger partial charge >= 0.3 is 0 Å². The molecule has 0 bridgehead atoms. The molecule has 1 aromatic carbocycles.